The first-order chi connectivity index (χ1) is 5.91. The van der Waals surface area contributed by atoms with Gasteiger partial charge >= 0.3 is 0 Å². The maximum atomic E-state index is 11.3. The number of amides is 1. The minimum atomic E-state index is -0.557. The van der Waals surface area contributed by atoms with Gasteiger partial charge in [0.25, 0.3) is 0 Å². The van der Waals surface area contributed by atoms with Crippen LogP contribution in [0.3, 0.4) is 0 Å². The van der Waals surface area contributed by atoms with Gasteiger partial charge in [0.2, 0.25) is 5.91 Å². The molecule has 13 heavy (non-hydrogen) atoms. The SMILES string of the molecule is COC(CNC(=O)C(C)(C)Br)OC. The molecule has 1 N–H and O–H groups in total. The number of carbonyl (C=O) groups is 1. The molecule has 0 radical (unpaired) electrons. The summed E-state index contributed by atoms with van der Waals surface area (Å²) >= 11 is 3.24. The second kappa shape index (κ2) is 5.57. The standard InChI is InChI=1S/C8H16BrNO3/c1-8(2,9)7(11)10-5-6(12-3)13-4/h6H,5H2,1-4H3,(H,10,11). The molecule has 5 heteroatoms. The van der Waals surface area contributed by atoms with Crippen molar-refractivity contribution in [3.8, 4) is 0 Å². The molecule has 0 aliphatic rings. The van der Waals surface area contributed by atoms with Crippen molar-refractivity contribution in [2.75, 3.05) is 20.8 Å². The van der Waals surface area contributed by atoms with Crippen LogP contribution in [0.2, 0.25) is 0 Å². The Kier molecular flexibility index (Phi) is 5.51. The molecule has 0 aliphatic carbocycles. The third-order valence-electron chi connectivity index (χ3n) is 1.50. The Morgan fingerprint density at radius 3 is 2.23 bits per heavy atom. The first-order valence-electron chi connectivity index (χ1n) is 3.94. The topological polar surface area (TPSA) is 47.6 Å². The number of rotatable bonds is 5. The van der Waals surface area contributed by atoms with Crippen molar-refractivity contribution in [3.63, 3.8) is 0 Å². The molecule has 0 saturated carbocycles. The van der Waals surface area contributed by atoms with E-state index in [4.69, 9.17) is 9.47 Å². The highest BCUT2D eigenvalue weighted by molar-refractivity contribution is 9.10. The molecule has 0 aromatic rings. The van der Waals surface area contributed by atoms with E-state index in [1.165, 1.54) is 14.2 Å². The van der Waals surface area contributed by atoms with Crippen molar-refractivity contribution in [2.45, 2.75) is 24.5 Å². The second-order valence-electron chi connectivity index (χ2n) is 3.08. The zero-order valence-electron chi connectivity index (χ0n) is 8.39. The zero-order valence-corrected chi connectivity index (χ0v) is 9.97. The summed E-state index contributed by atoms with van der Waals surface area (Å²) in [6.07, 6.45) is -0.390. The van der Waals surface area contributed by atoms with E-state index in [9.17, 15) is 4.79 Å². The molecule has 78 valence electrons. The van der Waals surface area contributed by atoms with E-state index in [2.05, 4.69) is 21.2 Å². The van der Waals surface area contributed by atoms with Gasteiger partial charge in [-0.3, -0.25) is 4.79 Å². The fourth-order valence-corrected chi connectivity index (χ4v) is 0.789. The van der Waals surface area contributed by atoms with Crippen molar-refractivity contribution < 1.29 is 14.3 Å². The van der Waals surface area contributed by atoms with Crippen molar-refractivity contribution in [1.82, 2.24) is 5.32 Å². The van der Waals surface area contributed by atoms with Crippen LogP contribution < -0.4 is 5.32 Å². The highest BCUT2D eigenvalue weighted by Gasteiger charge is 2.23. The smallest absolute Gasteiger partial charge is 0.236 e. The van der Waals surface area contributed by atoms with Crippen LogP contribution in [0.25, 0.3) is 0 Å². The third-order valence-corrected chi connectivity index (χ3v) is 1.86. The Morgan fingerprint density at radius 1 is 1.46 bits per heavy atom. The van der Waals surface area contributed by atoms with Gasteiger partial charge in [-0.25, -0.2) is 0 Å². The number of nitrogens with one attached hydrogen (secondary N) is 1. The number of carbonyl (C=O) groups excluding carboxylic acids is 1. The van der Waals surface area contributed by atoms with Gasteiger partial charge < -0.3 is 14.8 Å². The van der Waals surface area contributed by atoms with E-state index >= 15 is 0 Å². The Morgan fingerprint density at radius 2 is 1.92 bits per heavy atom. The molecule has 0 unspecified atom stereocenters. The van der Waals surface area contributed by atoms with Gasteiger partial charge in [-0.1, -0.05) is 15.9 Å². The summed E-state index contributed by atoms with van der Waals surface area (Å²) in [5, 5.41) is 2.69. The van der Waals surface area contributed by atoms with E-state index in [1.807, 2.05) is 0 Å². The average Bonchev–Trinajstić information content (AvgIpc) is 2.04. The Bertz CT molecular complexity index is 163. The molecule has 0 rings (SSSR count). The van der Waals surface area contributed by atoms with E-state index < -0.39 is 10.6 Å². The number of halogens is 1. The predicted octanol–water partition coefficient (Wildman–Crippen LogP) is 0.895. The highest BCUT2D eigenvalue weighted by atomic mass is 79.9. The van der Waals surface area contributed by atoms with Crippen molar-refractivity contribution >= 4 is 21.8 Å². The lowest BCUT2D eigenvalue weighted by Gasteiger charge is -2.19. The van der Waals surface area contributed by atoms with Crippen molar-refractivity contribution in [3.05, 3.63) is 0 Å². The lowest BCUT2D eigenvalue weighted by Crippen LogP contribution is -2.42. The van der Waals surface area contributed by atoms with Gasteiger partial charge in [0, 0.05) is 14.2 Å². The van der Waals surface area contributed by atoms with Crippen LogP contribution in [0.4, 0.5) is 0 Å². The summed E-state index contributed by atoms with van der Waals surface area (Å²) in [7, 11) is 3.05. The molecule has 4 nitrogen and oxygen atoms in total. The molecule has 0 fully saturated rings. The monoisotopic (exact) mass is 253 g/mol. The van der Waals surface area contributed by atoms with Crippen molar-refractivity contribution in [1.29, 1.82) is 0 Å². The van der Waals surface area contributed by atoms with Crippen LogP contribution in [0.1, 0.15) is 13.8 Å². The first kappa shape index (κ1) is 12.9. The van der Waals surface area contributed by atoms with Crippen LogP contribution >= 0.6 is 15.9 Å². The maximum Gasteiger partial charge on any atom is 0.236 e. The molecule has 0 aromatic carbocycles. The number of alkyl halides is 1. The predicted molar refractivity (Wildman–Crippen MR) is 53.8 cm³/mol. The Balaban J connectivity index is 3.82. The molecular formula is C8H16BrNO3. The number of ether oxygens (including phenoxy) is 2. The van der Waals surface area contributed by atoms with Crippen LogP contribution in [-0.4, -0.2) is 37.3 Å². The van der Waals surface area contributed by atoms with Gasteiger partial charge in [-0.05, 0) is 13.8 Å². The van der Waals surface area contributed by atoms with E-state index in [-0.39, 0.29) is 5.91 Å². The lowest BCUT2D eigenvalue weighted by molar-refractivity contribution is -0.128. The quantitative estimate of drug-likeness (QED) is 0.585. The minimum Gasteiger partial charge on any atom is -0.354 e. The van der Waals surface area contributed by atoms with Gasteiger partial charge in [0.1, 0.15) is 0 Å². The summed E-state index contributed by atoms with van der Waals surface area (Å²) < 4.78 is 9.26. The Hall–Kier alpha value is -0.130. The first-order valence-corrected chi connectivity index (χ1v) is 4.74. The highest BCUT2D eigenvalue weighted by Crippen LogP contribution is 2.15. The molecule has 0 aromatic heterocycles. The fourth-order valence-electron chi connectivity index (χ4n) is 0.649. The number of hydrogen-bond donors (Lipinski definition) is 1. The van der Waals surface area contributed by atoms with Crippen LogP contribution in [-0.2, 0) is 14.3 Å². The zero-order chi connectivity index (χ0) is 10.5. The molecule has 0 atom stereocenters. The third kappa shape index (κ3) is 5.23. The minimum absolute atomic E-state index is 0.0911. The van der Waals surface area contributed by atoms with Crippen molar-refractivity contribution in [2.24, 2.45) is 0 Å². The summed E-state index contributed by atoms with van der Waals surface area (Å²) in [5.74, 6) is -0.0911. The molecule has 0 bridgehead atoms. The average molecular weight is 254 g/mol. The molecule has 1 amide bonds. The summed E-state index contributed by atoms with van der Waals surface area (Å²) in [6.45, 7) is 3.90. The second-order valence-corrected chi connectivity index (χ2v) is 5.07. The van der Waals surface area contributed by atoms with Gasteiger partial charge in [0.05, 0.1) is 10.9 Å². The van der Waals surface area contributed by atoms with E-state index in [0.29, 0.717) is 6.54 Å². The normalized spacial score (nSPS) is 11.8. The fraction of sp³-hybridized carbons (Fsp3) is 0.875. The Labute approximate surface area is 87.1 Å². The van der Waals surface area contributed by atoms with Gasteiger partial charge in [0.15, 0.2) is 6.29 Å². The molecule has 0 heterocycles. The maximum absolute atomic E-state index is 11.3. The van der Waals surface area contributed by atoms with E-state index in [1.54, 1.807) is 13.8 Å². The summed E-state index contributed by atoms with van der Waals surface area (Å²) in [5.41, 5.74) is 0. The lowest BCUT2D eigenvalue weighted by atomic mass is 10.2. The van der Waals surface area contributed by atoms with Crippen LogP contribution in [0.15, 0.2) is 0 Å². The van der Waals surface area contributed by atoms with Crippen LogP contribution in [0, 0.1) is 0 Å². The van der Waals surface area contributed by atoms with Gasteiger partial charge in [-0.2, -0.15) is 0 Å². The number of methoxy groups -OCH3 is 2. The molecule has 0 aliphatic heterocycles. The summed E-state index contributed by atoms with van der Waals surface area (Å²) in [6, 6.07) is 0. The molecular weight excluding hydrogens is 238 g/mol. The largest absolute Gasteiger partial charge is 0.354 e. The van der Waals surface area contributed by atoms with Gasteiger partial charge in [-0.15, -0.1) is 0 Å². The van der Waals surface area contributed by atoms with E-state index in [0.717, 1.165) is 0 Å². The number of hydrogen-bond acceptors (Lipinski definition) is 3. The van der Waals surface area contributed by atoms with Crippen LogP contribution in [0.5, 0.6) is 0 Å². The molecule has 0 saturated heterocycles. The molecule has 0 spiro atoms. The summed E-state index contributed by atoms with van der Waals surface area (Å²) in [4.78, 5) is 11.3.